The molecule has 1 aromatic carbocycles. The standard InChI is InChI=1S/C14H18FN5O/c1-3-11(8-21-12-6-4-5-10(15)7-12)19-14-18-9(2)17-13(16)20-14/h4-7,11H,3,8H2,1-2H3,(H3,16,17,18,19,20). The molecule has 1 atom stereocenters. The first-order valence-corrected chi connectivity index (χ1v) is 6.70. The highest BCUT2D eigenvalue weighted by Gasteiger charge is 2.10. The lowest BCUT2D eigenvalue weighted by Crippen LogP contribution is -2.27. The van der Waals surface area contributed by atoms with Crippen molar-refractivity contribution in [2.45, 2.75) is 26.3 Å². The molecule has 1 unspecified atom stereocenters. The van der Waals surface area contributed by atoms with E-state index in [4.69, 9.17) is 10.5 Å². The summed E-state index contributed by atoms with van der Waals surface area (Å²) in [6.45, 7) is 4.11. The molecule has 0 saturated carbocycles. The summed E-state index contributed by atoms with van der Waals surface area (Å²) in [5, 5.41) is 3.13. The zero-order chi connectivity index (χ0) is 15.2. The van der Waals surface area contributed by atoms with E-state index >= 15 is 0 Å². The second-order valence-corrected chi connectivity index (χ2v) is 4.58. The van der Waals surface area contributed by atoms with E-state index in [0.29, 0.717) is 24.1 Å². The quantitative estimate of drug-likeness (QED) is 0.848. The van der Waals surface area contributed by atoms with Crippen molar-refractivity contribution >= 4 is 11.9 Å². The number of nitrogens with zero attached hydrogens (tertiary/aromatic N) is 3. The molecule has 0 saturated heterocycles. The van der Waals surface area contributed by atoms with Gasteiger partial charge < -0.3 is 15.8 Å². The second-order valence-electron chi connectivity index (χ2n) is 4.58. The van der Waals surface area contributed by atoms with Crippen molar-refractivity contribution < 1.29 is 9.13 Å². The van der Waals surface area contributed by atoms with E-state index in [1.54, 1.807) is 19.1 Å². The van der Waals surface area contributed by atoms with Gasteiger partial charge in [0, 0.05) is 6.07 Å². The first-order valence-electron chi connectivity index (χ1n) is 6.70. The number of benzene rings is 1. The van der Waals surface area contributed by atoms with Crippen LogP contribution in [0.4, 0.5) is 16.3 Å². The number of halogens is 1. The van der Waals surface area contributed by atoms with E-state index in [2.05, 4.69) is 20.3 Å². The van der Waals surface area contributed by atoms with E-state index in [-0.39, 0.29) is 17.8 Å². The monoisotopic (exact) mass is 291 g/mol. The number of aryl methyl sites for hydroxylation is 1. The molecule has 0 spiro atoms. The minimum atomic E-state index is -0.325. The number of nitrogens with two attached hydrogens (primary N) is 1. The van der Waals surface area contributed by atoms with Gasteiger partial charge in [-0.2, -0.15) is 15.0 Å². The third-order valence-electron chi connectivity index (χ3n) is 2.84. The van der Waals surface area contributed by atoms with Gasteiger partial charge in [-0.15, -0.1) is 0 Å². The van der Waals surface area contributed by atoms with Crippen LogP contribution >= 0.6 is 0 Å². The molecule has 6 nitrogen and oxygen atoms in total. The minimum absolute atomic E-state index is 0.0190. The van der Waals surface area contributed by atoms with Gasteiger partial charge in [0.15, 0.2) is 0 Å². The fraction of sp³-hybridized carbons (Fsp3) is 0.357. The summed E-state index contributed by atoms with van der Waals surface area (Å²) in [4.78, 5) is 12.1. The summed E-state index contributed by atoms with van der Waals surface area (Å²) in [6.07, 6.45) is 0.792. The van der Waals surface area contributed by atoms with E-state index in [0.717, 1.165) is 6.42 Å². The SMILES string of the molecule is CCC(COc1cccc(F)c1)Nc1nc(C)nc(N)n1. The maximum atomic E-state index is 13.1. The smallest absolute Gasteiger partial charge is 0.228 e. The number of rotatable bonds is 6. The van der Waals surface area contributed by atoms with Gasteiger partial charge in [-0.1, -0.05) is 13.0 Å². The number of hydrogen-bond donors (Lipinski definition) is 2. The van der Waals surface area contributed by atoms with Crippen LogP contribution in [-0.2, 0) is 0 Å². The second kappa shape index (κ2) is 6.83. The third kappa shape index (κ3) is 4.55. The lowest BCUT2D eigenvalue weighted by atomic mass is 10.2. The molecule has 0 amide bonds. The van der Waals surface area contributed by atoms with Crippen LogP contribution in [0.2, 0.25) is 0 Å². The third-order valence-corrected chi connectivity index (χ3v) is 2.84. The number of nitrogen functional groups attached to an aromatic ring is 1. The fourth-order valence-electron chi connectivity index (χ4n) is 1.76. The summed E-state index contributed by atoms with van der Waals surface area (Å²) >= 11 is 0. The van der Waals surface area contributed by atoms with E-state index in [9.17, 15) is 4.39 Å². The zero-order valence-corrected chi connectivity index (χ0v) is 12.0. The highest BCUT2D eigenvalue weighted by atomic mass is 19.1. The van der Waals surface area contributed by atoms with Gasteiger partial charge in [0.1, 0.15) is 24.0 Å². The molecule has 0 aliphatic heterocycles. The fourth-order valence-corrected chi connectivity index (χ4v) is 1.76. The molecule has 2 rings (SSSR count). The van der Waals surface area contributed by atoms with Crippen LogP contribution in [0.1, 0.15) is 19.2 Å². The molecular weight excluding hydrogens is 273 g/mol. The van der Waals surface area contributed by atoms with E-state index < -0.39 is 0 Å². The van der Waals surface area contributed by atoms with Gasteiger partial charge in [-0.3, -0.25) is 0 Å². The first-order chi connectivity index (χ1) is 10.1. The van der Waals surface area contributed by atoms with Crippen molar-refractivity contribution in [1.29, 1.82) is 0 Å². The Hall–Kier alpha value is -2.44. The summed E-state index contributed by atoms with van der Waals surface area (Å²) in [5.41, 5.74) is 5.58. The average molecular weight is 291 g/mol. The average Bonchev–Trinajstić information content (AvgIpc) is 2.42. The molecule has 0 aliphatic rings. The maximum Gasteiger partial charge on any atom is 0.228 e. The van der Waals surface area contributed by atoms with Gasteiger partial charge in [0.2, 0.25) is 11.9 Å². The number of nitrogens with one attached hydrogen (secondary N) is 1. The first kappa shape index (κ1) is 15.0. The van der Waals surface area contributed by atoms with Gasteiger partial charge in [-0.25, -0.2) is 4.39 Å². The Morgan fingerprint density at radius 1 is 1.33 bits per heavy atom. The summed E-state index contributed by atoms with van der Waals surface area (Å²) in [7, 11) is 0. The Kier molecular flexibility index (Phi) is 4.86. The van der Waals surface area contributed by atoms with Crippen molar-refractivity contribution in [3.05, 3.63) is 35.9 Å². The van der Waals surface area contributed by atoms with Gasteiger partial charge >= 0.3 is 0 Å². The number of aromatic nitrogens is 3. The van der Waals surface area contributed by atoms with Crippen LogP contribution in [0.15, 0.2) is 24.3 Å². The predicted octanol–water partition coefficient (Wildman–Crippen LogP) is 2.17. The number of ether oxygens (including phenoxy) is 1. The predicted molar refractivity (Wildman–Crippen MR) is 78.6 cm³/mol. The molecule has 2 aromatic rings. The summed E-state index contributed by atoms with van der Waals surface area (Å²) in [5.74, 6) is 1.29. The van der Waals surface area contributed by atoms with Crippen LogP contribution in [0.3, 0.4) is 0 Å². The number of hydrogen-bond acceptors (Lipinski definition) is 6. The van der Waals surface area contributed by atoms with Crippen LogP contribution < -0.4 is 15.8 Å². The van der Waals surface area contributed by atoms with Crippen molar-refractivity contribution in [3.63, 3.8) is 0 Å². The molecule has 0 aliphatic carbocycles. The Labute approximate surface area is 122 Å². The highest BCUT2D eigenvalue weighted by Crippen LogP contribution is 2.13. The van der Waals surface area contributed by atoms with Crippen molar-refractivity contribution in [2.24, 2.45) is 0 Å². The van der Waals surface area contributed by atoms with Crippen LogP contribution in [0, 0.1) is 12.7 Å². The largest absolute Gasteiger partial charge is 0.491 e. The van der Waals surface area contributed by atoms with Gasteiger partial charge in [-0.05, 0) is 25.5 Å². The number of anilines is 2. The molecule has 112 valence electrons. The lowest BCUT2D eigenvalue weighted by molar-refractivity contribution is 0.292. The zero-order valence-electron chi connectivity index (χ0n) is 12.0. The van der Waals surface area contributed by atoms with Crippen LogP contribution in [-0.4, -0.2) is 27.6 Å². The molecule has 3 N–H and O–H groups in total. The molecule has 1 aromatic heterocycles. The molecule has 0 bridgehead atoms. The topological polar surface area (TPSA) is 86.0 Å². The Balaban J connectivity index is 1.96. The summed E-state index contributed by atoms with van der Waals surface area (Å²) in [6, 6.07) is 6.02. The van der Waals surface area contributed by atoms with Crippen LogP contribution in [0.5, 0.6) is 5.75 Å². The molecule has 7 heteroatoms. The Bertz CT molecular complexity index is 587. The van der Waals surface area contributed by atoms with Crippen molar-refractivity contribution in [2.75, 3.05) is 17.7 Å². The molecular formula is C14H18FN5O. The molecule has 0 radical (unpaired) electrons. The van der Waals surface area contributed by atoms with Gasteiger partial charge in [0.25, 0.3) is 0 Å². The molecule has 21 heavy (non-hydrogen) atoms. The van der Waals surface area contributed by atoms with Crippen molar-refractivity contribution in [3.8, 4) is 5.75 Å². The van der Waals surface area contributed by atoms with E-state index in [1.807, 2.05) is 6.92 Å². The van der Waals surface area contributed by atoms with Crippen molar-refractivity contribution in [1.82, 2.24) is 15.0 Å². The van der Waals surface area contributed by atoms with Gasteiger partial charge in [0.05, 0.1) is 6.04 Å². The summed E-state index contributed by atoms with van der Waals surface area (Å²) < 4.78 is 18.6. The Morgan fingerprint density at radius 2 is 2.14 bits per heavy atom. The highest BCUT2D eigenvalue weighted by molar-refractivity contribution is 5.32. The normalized spacial score (nSPS) is 12.0. The minimum Gasteiger partial charge on any atom is -0.491 e. The Morgan fingerprint density at radius 3 is 2.81 bits per heavy atom. The van der Waals surface area contributed by atoms with Crippen LogP contribution in [0.25, 0.3) is 0 Å². The van der Waals surface area contributed by atoms with E-state index in [1.165, 1.54) is 12.1 Å². The molecule has 0 fully saturated rings. The molecule has 1 heterocycles. The lowest BCUT2D eigenvalue weighted by Gasteiger charge is -2.18. The maximum absolute atomic E-state index is 13.1.